The van der Waals surface area contributed by atoms with E-state index in [1.54, 1.807) is 20.3 Å². The van der Waals surface area contributed by atoms with Crippen molar-refractivity contribution in [2.45, 2.75) is 18.9 Å². The summed E-state index contributed by atoms with van der Waals surface area (Å²) in [4.78, 5) is 8.38. The molecule has 1 atom stereocenters. The first-order valence-corrected chi connectivity index (χ1v) is 10.5. The van der Waals surface area contributed by atoms with Gasteiger partial charge in [0.2, 0.25) is 0 Å². The van der Waals surface area contributed by atoms with Crippen LogP contribution in [0.15, 0.2) is 30.6 Å². The highest BCUT2D eigenvalue weighted by atomic mass is 32.2. The summed E-state index contributed by atoms with van der Waals surface area (Å²) in [6, 6.07) is 7.53. The van der Waals surface area contributed by atoms with E-state index in [2.05, 4.69) is 20.6 Å². The lowest BCUT2D eigenvalue weighted by atomic mass is 10.1. The van der Waals surface area contributed by atoms with Crippen LogP contribution in [0.5, 0.6) is 11.5 Å². The summed E-state index contributed by atoms with van der Waals surface area (Å²) in [5.41, 5.74) is 1.11. The molecular formula is C18H24N4O4S. The van der Waals surface area contributed by atoms with Gasteiger partial charge in [0, 0.05) is 18.7 Å². The molecule has 0 saturated carbocycles. The summed E-state index contributed by atoms with van der Waals surface area (Å²) < 4.78 is 33.7. The number of methoxy groups -OCH3 is 2. The zero-order valence-electron chi connectivity index (χ0n) is 15.4. The van der Waals surface area contributed by atoms with Crippen LogP contribution in [0.4, 0.5) is 11.6 Å². The van der Waals surface area contributed by atoms with Crippen molar-refractivity contribution in [1.82, 2.24) is 9.97 Å². The molecule has 27 heavy (non-hydrogen) atoms. The van der Waals surface area contributed by atoms with Crippen LogP contribution in [-0.2, 0) is 16.3 Å². The molecule has 2 aromatic rings. The Balaban J connectivity index is 1.54. The van der Waals surface area contributed by atoms with E-state index in [9.17, 15) is 8.42 Å². The van der Waals surface area contributed by atoms with Gasteiger partial charge < -0.3 is 20.1 Å². The van der Waals surface area contributed by atoms with Crippen LogP contribution in [0.3, 0.4) is 0 Å². The third-order valence-electron chi connectivity index (χ3n) is 4.42. The molecule has 9 heteroatoms. The molecule has 0 radical (unpaired) electrons. The zero-order chi connectivity index (χ0) is 19.3. The van der Waals surface area contributed by atoms with E-state index < -0.39 is 9.84 Å². The maximum atomic E-state index is 11.6. The summed E-state index contributed by atoms with van der Waals surface area (Å²) >= 11 is 0. The van der Waals surface area contributed by atoms with Gasteiger partial charge in [0.25, 0.3) is 0 Å². The summed E-state index contributed by atoms with van der Waals surface area (Å²) in [7, 11) is 0.306. The number of rotatable bonds is 8. The molecule has 8 nitrogen and oxygen atoms in total. The van der Waals surface area contributed by atoms with Gasteiger partial charge in [-0.15, -0.1) is 0 Å². The highest BCUT2D eigenvalue weighted by molar-refractivity contribution is 7.91. The van der Waals surface area contributed by atoms with Gasteiger partial charge in [0.05, 0.1) is 25.7 Å². The zero-order valence-corrected chi connectivity index (χ0v) is 16.3. The number of ether oxygens (including phenoxy) is 2. The van der Waals surface area contributed by atoms with Crippen LogP contribution < -0.4 is 20.1 Å². The molecule has 1 unspecified atom stereocenters. The molecule has 1 fully saturated rings. The van der Waals surface area contributed by atoms with E-state index in [-0.39, 0.29) is 17.5 Å². The molecule has 0 amide bonds. The fourth-order valence-electron chi connectivity index (χ4n) is 3.02. The predicted molar refractivity (Wildman–Crippen MR) is 104 cm³/mol. The van der Waals surface area contributed by atoms with Gasteiger partial charge >= 0.3 is 0 Å². The number of benzene rings is 1. The van der Waals surface area contributed by atoms with Crippen LogP contribution in [-0.4, -0.2) is 56.7 Å². The molecule has 1 aromatic heterocycles. The largest absolute Gasteiger partial charge is 0.493 e. The van der Waals surface area contributed by atoms with Crippen LogP contribution in [0.1, 0.15) is 12.0 Å². The first kappa shape index (κ1) is 19.2. The van der Waals surface area contributed by atoms with E-state index in [0.29, 0.717) is 36.1 Å². The fraction of sp³-hybridized carbons (Fsp3) is 0.444. The molecule has 2 N–H and O–H groups in total. The van der Waals surface area contributed by atoms with Crippen LogP contribution in [0.25, 0.3) is 0 Å². The Labute approximate surface area is 159 Å². The molecule has 0 bridgehead atoms. The Morgan fingerprint density at radius 2 is 1.89 bits per heavy atom. The summed E-state index contributed by atoms with van der Waals surface area (Å²) in [6.07, 6.45) is 2.85. The summed E-state index contributed by atoms with van der Waals surface area (Å²) in [6.45, 7) is 0.684. The Morgan fingerprint density at radius 3 is 2.59 bits per heavy atom. The molecular weight excluding hydrogens is 368 g/mol. The molecule has 1 aliphatic heterocycles. The van der Waals surface area contributed by atoms with Gasteiger partial charge in [0.1, 0.15) is 18.0 Å². The molecule has 0 aliphatic carbocycles. The van der Waals surface area contributed by atoms with Gasteiger partial charge in [-0.25, -0.2) is 18.4 Å². The molecule has 146 valence electrons. The smallest absolute Gasteiger partial charge is 0.160 e. The summed E-state index contributed by atoms with van der Waals surface area (Å²) in [5.74, 6) is 3.10. The maximum absolute atomic E-state index is 11.6. The second-order valence-corrected chi connectivity index (χ2v) is 8.63. The quantitative estimate of drug-likeness (QED) is 0.700. The lowest BCUT2D eigenvalue weighted by Gasteiger charge is -2.13. The fourth-order valence-corrected chi connectivity index (χ4v) is 4.70. The molecule has 1 saturated heterocycles. The lowest BCUT2D eigenvalue weighted by molar-refractivity contribution is 0.354. The Morgan fingerprint density at radius 1 is 1.11 bits per heavy atom. The van der Waals surface area contributed by atoms with Crippen molar-refractivity contribution in [1.29, 1.82) is 0 Å². The molecule has 1 aliphatic rings. The van der Waals surface area contributed by atoms with Gasteiger partial charge in [-0.1, -0.05) is 6.07 Å². The highest BCUT2D eigenvalue weighted by Crippen LogP contribution is 2.27. The standard InChI is InChI=1S/C18H24N4O4S/c1-25-15-4-3-13(9-16(15)26-2)5-7-19-17-10-18(21-12-20-17)22-14-6-8-27(23,24)11-14/h3-4,9-10,12,14H,5-8,11H2,1-2H3,(H2,19,20,21,22). The topological polar surface area (TPSA) is 102 Å². The van der Waals surface area contributed by atoms with Crippen LogP contribution >= 0.6 is 0 Å². The SMILES string of the molecule is COc1ccc(CCNc2cc(NC3CCS(=O)(=O)C3)ncn2)cc1OC. The van der Waals surface area contributed by atoms with Crippen LogP contribution in [0, 0.1) is 0 Å². The average Bonchev–Trinajstić information content (AvgIpc) is 3.00. The molecule has 3 rings (SSSR count). The normalized spacial score (nSPS) is 18.1. The van der Waals surface area contributed by atoms with Crippen molar-refractivity contribution in [2.75, 3.05) is 42.9 Å². The molecule has 0 spiro atoms. The summed E-state index contributed by atoms with van der Waals surface area (Å²) in [5, 5.41) is 6.43. The van der Waals surface area contributed by atoms with Gasteiger partial charge in [-0.05, 0) is 30.5 Å². The average molecular weight is 392 g/mol. The molecule has 1 aromatic carbocycles. The number of aromatic nitrogens is 2. The number of nitrogens with zero attached hydrogens (tertiary/aromatic N) is 2. The van der Waals surface area contributed by atoms with E-state index in [0.717, 1.165) is 12.0 Å². The highest BCUT2D eigenvalue weighted by Gasteiger charge is 2.27. The predicted octanol–water partition coefficient (Wildman–Crippen LogP) is 1.75. The van der Waals surface area contributed by atoms with E-state index in [1.807, 2.05) is 18.2 Å². The van der Waals surface area contributed by atoms with E-state index in [1.165, 1.54) is 6.33 Å². The third kappa shape index (κ3) is 5.22. The van der Waals surface area contributed by atoms with Gasteiger partial charge in [0.15, 0.2) is 21.3 Å². The van der Waals surface area contributed by atoms with Crippen molar-refractivity contribution in [3.05, 3.63) is 36.2 Å². The minimum absolute atomic E-state index is 0.0930. The number of hydrogen-bond acceptors (Lipinski definition) is 8. The van der Waals surface area contributed by atoms with E-state index >= 15 is 0 Å². The van der Waals surface area contributed by atoms with Crippen molar-refractivity contribution < 1.29 is 17.9 Å². The Bertz CT molecular complexity index is 889. The van der Waals surface area contributed by atoms with Crippen molar-refractivity contribution in [3.63, 3.8) is 0 Å². The minimum Gasteiger partial charge on any atom is -0.493 e. The number of nitrogens with one attached hydrogen (secondary N) is 2. The number of anilines is 2. The second kappa shape index (κ2) is 8.43. The van der Waals surface area contributed by atoms with Gasteiger partial charge in [-0.3, -0.25) is 0 Å². The number of hydrogen-bond donors (Lipinski definition) is 2. The minimum atomic E-state index is -2.92. The maximum Gasteiger partial charge on any atom is 0.160 e. The Kier molecular flexibility index (Phi) is 6.00. The van der Waals surface area contributed by atoms with Crippen molar-refractivity contribution >= 4 is 21.5 Å². The monoisotopic (exact) mass is 392 g/mol. The number of sulfone groups is 1. The van der Waals surface area contributed by atoms with Crippen molar-refractivity contribution in [2.24, 2.45) is 0 Å². The third-order valence-corrected chi connectivity index (χ3v) is 6.19. The first-order chi connectivity index (χ1) is 13.0. The lowest BCUT2D eigenvalue weighted by Crippen LogP contribution is -2.21. The van der Waals surface area contributed by atoms with E-state index in [4.69, 9.17) is 9.47 Å². The second-order valence-electron chi connectivity index (χ2n) is 6.40. The van der Waals surface area contributed by atoms with Crippen LogP contribution in [0.2, 0.25) is 0 Å². The van der Waals surface area contributed by atoms with Gasteiger partial charge in [-0.2, -0.15) is 0 Å². The first-order valence-electron chi connectivity index (χ1n) is 8.73. The molecule has 2 heterocycles. The Hall–Kier alpha value is -2.55. The van der Waals surface area contributed by atoms with Crippen molar-refractivity contribution in [3.8, 4) is 11.5 Å².